The number of hydrogen-bond acceptors (Lipinski definition) is 9. The summed E-state index contributed by atoms with van der Waals surface area (Å²) in [6, 6.07) is 11.6. The number of aromatic nitrogens is 5. The van der Waals surface area contributed by atoms with Crippen molar-refractivity contribution < 1.29 is 14.4 Å². The maximum atomic E-state index is 14.1. The van der Waals surface area contributed by atoms with Crippen LogP contribution in [0.3, 0.4) is 0 Å². The number of unbranched alkanes of at least 4 members (excludes halogenated alkanes) is 1. The van der Waals surface area contributed by atoms with E-state index >= 15 is 0 Å². The standard InChI is InChI=1S/C30H31N7O4/c1-3-4-9-25-23(28(38)37(27(34-25)19-11-12-19)29-32-16-20(40-2)17-33-29)14-18-10-13-24(31-15-18)21-7-5-6-8-22(21)26-35-30(39)41-36-26/h5-8,10,13,15-17,19,26,36H,3-4,9,11-12,14H2,1-2H3,(H,35,39). The third-order valence-electron chi connectivity index (χ3n) is 7.33. The summed E-state index contributed by atoms with van der Waals surface area (Å²) in [6.07, 6.45) is 8.95. The van der Waals surface area contributed by atoms with Gasteiger partial charge in [-0.15, -0.1) is 5.48 Å². The predicted molar refractivity (Wildman–Crippen MR) is 151 cm³/mol. The minimum atomic E-state index is -0.529. The zero-order valence-corrected chi connectivity index (χ0v) is 23.0. The largest absolute Gasteiger partial charge is 0.494 e. The fourth-order valence-corrected chi connectivity index (χ4v) is 4.99. The summed E-state index contributed by atoms with van der Waals surface area (Å²) in [6.45, 7) is 2.13. The summed E-state index contributed by atoms with van der Waals surface area (Å²) >= 11 is 0. The Morgan fingerprint density at radius 3 is 2.51 bits per heavy atom. The molecule has 4 heterocycles. The van der Waals surface area contributed by atoms with Crippen molar-refractivity contribution in [1.29, 1.82) is 0 Å². The van der Waals surface area contributed by atoms with Gasteiger partial charge in [0.1, 0.15) is 12.0 Å². The van der Waals surface area contributed by atoms with E-state index in [1.165, 1.54) is 0 Å². The van der Waals surface area contributed by atoms with Gasteiger partial charge in [0.25, 0.3) is 5.56 Å². The molecule has 1 aromatic carbocycles. The SMILES string of the molecule is CCCCc1nc(C2CC2)n(-c2ncc(OC)cn2)c(=O)c1Cc1ccc(-c2ccccc2C2NOC(=O)N2)nc1. The van der Waals surface area contributed by atoms with Crippen molar-refractivity contribution >= 4 is 6.09 Å². The molecule has 1 atom stereocenters. The lowest BCUT2D eigenvalue weighted by Crippen LogP contribution is -2.30. The van der Waals surface area contributed by atoms with E-state index < -0.39 is 12.3 Å². The van der Waals surface area contributed by atoms with Gasteiger partial charge < -0.3 is 9.57 Å². The van der Waals surface area contributed by atoms with E-state index in [2.05, 4.69) is 27.7 Å². The number of nitrogens with zero attached hydrogens (tertiary/aromatic N) is 5. The monoisotopic (exact) mass is 553 g/mol. The van der Waals surface area contributed by atoms with Gasteiger partial charge in [0, 0.05) is 35.2 Å². The Labute approximate surface area is 237 Å². The molecule has 1 unspecified atom stereocenters. The van der Waals surface area contributed by atoms with Crippen molar-refractivity contribution in [1.82, 2.24) is 35.3 Å². The Hall–Kier alpha value is -4.64. The van der Waals surface area contributed by atoms with Crippen molar-refractivity contribution in [3.8, 4) is 23.0 Å². The van der Waals surface area contributed by atoms with Gasteiger partial charge in [0.15, 0.2) is 5.75 Å². The maximum absolute atomic E-state index is 14.1. The van der Waals surface area contributed by atoms with Gasteiger partial charge in [-0.25, -0.2) is 24.3 Å². The van der Waals surface area contributed by atoms with E-state index in [1.807, 2.05) is 36.4 Å². The van der Waals surface area contributed by atoms with Gasteiger partial charge in [0.05, 0.1) is 30.9 Å². The van der Waals surface area contributed by atoms with Gasteiger partial charge in [-0.2, -0.15) is 0 Å². The first-order chi connectivity index (χ1) is 20.1. The van der Waals surface area contributed by atoms with E-state index in [-0.39, 0.29) is 11.5 Å². The molecule has 41 heavy (non-hydrogen) atoms. The lowest BCUT2D eigenvalue weighted by atomic mass is 9.99. The van der Waals surface area contributed by atoms with Crippen molar-refractivity contribution in [2.75, 3.05) is 7.11 Å². The van der Waals surface area contributed by atoms with Crippen LogP contribution in [0.4, 0.5) is 4.79 Å². The molecule has 1 aliphatic carbocycles. The van der Waals surface area contributed by atoms with Crippen LogP contribution >= 0.6 is 0 Å². The summed E-state index contributed by atoms with van der Waals surface area (Å²) in [4.78, 5) is 49.1. The summed E-state index contributed by atoms with van der Waals surface area (Å²) in [5.74, 6) is 1.79. The molecule has 2 aliphatic rings. The highest BCUT2D eigenvalue weighted by Crippen LogP contribution is 2.39. The van der Waals surface area contributed by atoms with Crippen LogP contribution in [0.1, 0.15) is 72.9 Å². The zero-order chi connectivity index (χ0) is 28.3. The fourth-order valence-electron chi connectivity index (χ4n) is 4.99. The van der Waals surface area contributed by atoms with Crippen LogP contribution < -0.4 is 21.1 Å². The lowest BCUT2D eigenvalue weighted by molar-refractivity contribution is 0.122. The third kappa shape index (κ3) is 5.53. The maximum Gasteiger partial charge on any atom is 0.427 e. The van der Waals surface area contributed by atoms with E-state index in [0.29, 0.717) is 23.7 Å². The molecule has 1 saturated carbocycles. The number of pyridine rings is 1. The fraction of sp³-hybridized carbons (Fsp3) is 0.333. The Morgan fingerprint density at radius 1 is 1.05 bits per heavy atom. The van der Waals surface area contributed by atoms with E-state index in [9.17, 15) is 9.59 Å². The lowest BCUT2D eigenvalue weighted by Gasteiger charge is -2.16. The predicted octanol–water partition coefficient (Wildman–Crippen LogP) is 4.15. The molecular formula is C30H31N7O4. The van der Waals surface area contributed by atoms with Crippen molar-refractivity contribution in [3.05, 3.63) is 93.6 Å². The summed E-state index contributed by atoms with van der Waals surface area (Å²) in [7, 11) is 1.55. The molecule has 0 spiro atoms. The average molecular weight is 554 g/mol. The second-order valence-electron chi connectivity index (χ2n) is 10.2. The number of benzene rings is 1. The van der Waals surface area contributed by atoms with Crippen LogP contribution in [0.25, 0.3) is 17.2 Å². The molecule has 1 amide bonds. The number of amides is 1. The molecular weight excluding hydrogens is 522 g/mol. The number of hydroxylamine groups is 1. The Bertz CT molecular complexity index is 1620. The average Bonchev–Trinajstić information content (AvgIpc) is 3.77. The van der Waals surface area contributed by atoms with Crippen molar-refractivity contribution in [2.24, 2.45) is 0 Å². The number of aryl methyl sites for hydroxylation is 1. The molecule has 210 valence electrons. The molecule has 3 aromatic heterocycles. The van der Waals surface area contributed by atoms with E-state index in [4.69, 9.17) is 19.5 Å². The molecule has 4 aromatic rings. The summed E-state index contributed by atoms with van der Waals surface area (Å²) < 4.78 is 6.79. The molecule has 1 aliphatic heterocycles. The van der Waals surface area contributed by atoms with Gasteiger partial charge >= 0.3 is 6.09 Å². The Balaban J connectivity index is 1.36. The summed E-state index contributed by atoms with van der Waals surface area (Å²) in [5.41, 5.74) is 7.35. The number of nitrogens with one attached hydrogen (secondary N) is 2. The molecule has 2 N–H and O–H groups in total. The van der Waals surface area contributed by atoms with Crippen LogP contribution in [0.15, 0.2) is 59.8 Å². The first-order valence-corrected chi connectivity index (χ1v) is 13.8. The minimum Gasteiger partial charge on any atom is -0.494 e. The number of carbonyl (C=O) groups excluding carboxylic acids is 1. The highest BCUT2D eigenvalue weighted by Gasteiger charge is 2.32. The number of ether oxygens (including phenoxy) is 1. The minimum absolute atomic E-state index is 0.143. The normalized spacial score (nSPS) is 16.3. The van der Waals surface area contributed by atoms with Crippen LogP contribution in [-0.2, 0) is 17.7 Å². The third-order valence-corrected chi connectivity index (χ3v) is 7.33. The number of rotatable bonds is 10. The smallest absolute Gasteiger partial charge is 0.427 e. The van der Waals surface area contributed by atoms with E-state index in [1.54, 1.807) is 30.3 Å². The van der Waals surface area contributed by atoms with Crippen LogP contribution in [0.5, 0.6) is 5.75 Å². The van der Waals surface area contributed by atoms with Crippen LogP contribution in [-0.4, -0.2) is 37.7 Å². The first kappa shape index (κ1) is 26.6. The van der Waals surface area contributed by atoms with E-state index in [0.717, 1.165) is 66.0 Å². The second-order valence-corrected chi connectivity index (χ2v) is 10.2. The van der Waals surface area contributed by atoms with Crippen molar-refractivity contribution in [2.45, 2.75) is 57.5 Å². The van der Waals surface area contributed by atoms with Crippen LogP contribution in [0, 0.1) is 0 Å². The second kappa shape index (κ2) is 11.5. The number of methoxy groups -OCH3 is 1. The number of carbonyl (C=O) groups is 1. The zero-order valence-electron chi connectivity index (χ0n) is 23.0. The highest BCUT2D eigenvalue weighted by atomic mass is 16.7. The molecule has 1 saturated heterocycles. The molecule has 11 heteroatoms. The van der Waals surface area contributed by atoms with Crippen LogP contribution in [0.2, 0.25) is 0 Å². The molecule has 0 bridgehead atoms. The summed E-state index contributed by atoms with van der Waals surface area (Å²) in [5, 5.41) is 2.73. The molecule has 6 rings (SSSR count). The molecule has 0 radical (unpaired) electrons. The molecule has 2 fully saturated rings. The van der Waals surface area contributed by atoms with Gasteiger partial charge in [-0.05, 0) is 37.3 Å². The Morgan fingerprint density at radius 2 is 1.85 bits per heavy atom. The first-order valence-electron chi connectivity index (χ1n) is 13.8. The van der Waals surface area contributed by atoms with Gasteiger partial charge in [-0.3, -0.25) is 15.1 Å². The quantitative estimate of drug-likeness (QED) is 0.297. The van der Waals surface area contributed by atoms with Crippen molar-refractivity contribution in [3.63, 3.8) is 0 Å². The van der Waals surface area contributed by atoms with Gasteiger partial charge in [-0.1, -0.05) is 43.7 Å². The highest BCUT2D eigenvalue weighted by molar-refractivity contribution is 5.71. The number of hydrogen-bond donors (Lipinski definition) is 2. The Kier molecular flexibility index (Phi) is 7.43. The van der Waals surface area contributed by atoms with Gasteiger partial charge in [0.2, 0.25) is 5.95 Å². The topological polar surface area (TPSA) is 133 Å². The molecule has 11 nitrogen and oxygen atoms in total.